The highest BCUT2D eigenvalue weighted by Crippen LogP contribution is 2.35. The average molecular weight is 425 g/mol. The van der Waals surface area contributed by atoms with E-state index in [9.17, 15) is 10.5 Å². The molecule has 8 nitrogen and oxygen atoms in total. The number of piperazine rings is 1. The number of methoxy groups -OCH3 is 1. The lowest BCUT2D eigenvalue weighted by molar-refractivity contribution is 0.381. The van der Waals surface area contributed by atoms with E-state index < -0.39 is 12.5 Å². The van der Waals surface area contributed by atoms with Crippen LogP contribution < -0.4 is 20.4 Å². The van der Waals surface area contributed by atoms with Crippen LogP contribution in [0.1, 0.15) is 16.8 Å². The Hall–Kier alpha value is -4.02. The van der Waals surface area contributed by atoms with Crippen LogP contribution in [0.15, 0.2) is 30.4 Å². The van der Waals surface area contributed by atoms with Crippen molar-refractivity contribution in [2.45, 2.75) is 0 Å². The summed E-state index contributed by atoms with van der Waals surface area (Å²) in [4.78, 5) is 15.2. The van der Waals surface area contributed by atoms with E-state index in [0.717, 1.165) is 13.1 Å². The summed E-state index contributed by atoms with van der Waals surface area (Å²) in [6.07, 6.45) is 1.56. The standard InChI is InChI=1S/C22H17BFN7O/c1-32-22-29-20-15(21(30-22)31-7-5-27-6-8-31)11-28-19(18(20)24)14-9-23(12-26)16-4-2-3-13(10-25)17(14)16/h2-4,9,11,27H,5-8H2,1H3. The average Bonchev–Trinajstić information content (AvgIpc) is 3.23. The van der Waals surface area contributed by atoms with E-state index >= 15 is 4.39 Å². The van der Waals surface area contributed by atoms with Gasteiger partial charge in [0.25, 0.3) is 0 Å². The highest BCUT2D eigenvalue weighted by atomic mass is 19.1. The number of rotatable bonds is 3. The minimum Gasteiger partial charge on any atom is -0.467 e. The third kappa shape index (κ3) is 3.05. The predicted molar refractivity (Wildman–Crippen MR) is 118 cm³/mol. The quantitative estimate of drug-likeness (QED) is 0.624. The number of pyridine rings is 1. The van der Waals surface area contributed by atoms with Crippen LogP contribution in [-0.4, -0.2) is 55.0 Å². The third-order valence-electron chi connectivity index (χ3n) is 5.79. The lowest BCUT2D eigenvalue weighted by Crippen LogP contribution is -2.44. The second-order valence-corrected chi connectivity index (χ2v) is 7.52. The molecule has 0 bridgehead atoms. The Balaban J connectivity index is 1.72. The minimum absolute atomic E-state index is 0.0474. The summed E-state index contributed by atoms with van der Waals surface area (Å²) in [6.45, 7) is 2.43. The van der Waals surface area contributed by atoms with E-state index in [0.29, 0.717) is 46.5 Å². The summed E-state index contributed by atoms with van der Waals surface area (Å²) in [5.74, 6) is 3.79. The maximum atomic E-state index is 15.9. The fraction of sp³-hybridized carbons (Fsp3) is 0.227. The van der Waals surface area contributed by atoms with Crippen LogP contribution in [0.2, 0.25) is 0 Å². The van der Waals surface area contributed by atoms with E-state index in [1.807, 2.05) is 4.90 Å². The molecule has 1 saturated heterocycles. The number of anilines is 1. The number of nitrogens with one attached hydrogen (secondary N) is 1. The summed E-state index contributed by atoms with van der Waals surface area (Å²) in [5, 5.41) is 23.0. The molecule has 4 heterocycles. The molecule has 0 amide bonds. The van der Waals surface area contributed by atoms with Gasteiger partial charge in [0, 0.05) is 43.9 Å². The van der Waals surface area contributed by atoms with Gasteiger partial charge in [0.2, 0.25) is 0 Å². The SMILES string of the molecule is COc1nc(N2CCNCC2)c2cnc(C3=CB(C#N)c4cccc(C#N)c43)c(F)c2n1. The first-order chi connectivity index (χ1) is 15.7. The van der Waals surface area contributed by atoms with Crippen molar-refractivity contribution in [1.29, 1.82) is 10.5 Å². The van der Waals surface area contributed by atoms with Gasteiger partial charge in [-0.15, -0.1) is 0 Å². The van der Waals surface area contributed by atoms with Gasteiger partial charge in [-0.05, 0) is 17.1 Å². The molecule has 32 heavy (non-hydrogen) atoms. The number of nitrogens with zero attached hydrogens (tertiary/aromatic N) is 6. The number of halogens is 1. The van der Waals surface area contributed by atoms with Crippen molar-refractivity contribution >= 4 is 34.5 Å². The number of hydrogen-bond donors (Lipinski definition) is 1. The van der Waals surface area contributed by atoms with Crippen LogP contribution in [0.4, 0.5) is 10.2 Å². The van der Waals surface area contributed by atoms with Crippen molar-refractivity contribution in [2.75, 3.05) is 38.2 Å². The molecule has 3 aromatic rings. The molecule has 2 aliphatic heterocycles. The molecule has 2 aromatic heterocycles. The number of benzene rings is 1. The number of fused-ring (bicyclic) bond motifs is 2. The van der Waals surface area contributed by atoms with E-state index in [1.165, 1.54) is 7.11 Å². The van der Waals surface area contributed by atoms with E-state index in [1.54, 1.807) is 30.4 Å². The first-order valence-corrected chi connectivity index (χ1v) is 10.2. The molecule has 1 fully saturated rings. The van der Waals surface area contributed by atoms with Crippen LogP contribution in [0.25, 0.3) is 16.5 Å². The first kappa shape index (κ1) is 19.9. The fourth-order valence-corrected chi connectivity index (χ4v) is 4.29. The lowest BCUT2D eigenvalue weighted by atomic mass is 9.48. The van der Waals surface area contributed by atoms with Crippen molar-refractivity contribution in [3.63, 3.8) is 0 Å². The zero-order valence-corrected chi connectivity index (χ0v) is 17.3. The van der Waals surface area contributed by atoms with Gasteiger partial charge < -0.3 is 15.0 Å². The summed E-state index contributed by atoms with van der Waals surface area (Å²) in [5.41, 5.74) is 2.14. The molecule has 0 aliphatic carbocycles. The van der Waals surface area contributed by atoms with Gasteiger partial charge in [-0.3, -0.25) is 4.98 Å². The highest BCUT2D eigenvalue weighted by Gasteiger charge is 2.32. The molecule has 2 aliphatic rings. The number of ether oxygens (including phenoxy) is 1. The maximum absolute atomic E-state index is 15.9. The van der Waals surface area contributed by atoms with Crippen LogP contribution in [0, 0.1) is 28.4 Å². The fourth-order valence-electron chi connectivity index (χ4n) is 4.29. The van der Waals surface area contributed by atoms with E-state index in [-0.39, 0.29) is 17.2 Å². The summed E-state index contributed by atoms with van der Waals surface area (Å²) < 4.78 is 21.1. The number of hydrogen-bond acceptors (Lipinski definition) is 8. The van der Waals surface area contributed by atoms with Gasteiger partial charge in [0.1, 0.15) is 17.0 Å². The topological polar surface area (TPSA) is 111 Å². The van der Waals surface area contributed by atoms with Crippen LogP contribution in [0.5, 0.6) is 6.01 Å². The van der Waals surface area contributed by atoms with Gasteiger partial charge in [-0.2, -0.15) is 15.2 Å². The predicted octanol–water partition coefficient (Wildman–Crippen LogP) is 1.20. The second-order valence-electron chi connectivity index (χ2n) is 7.52. The Morgan fingerprint density at radius 2 is 2.03 bits per heavy atom. The molecule has 1 N–H and O–H groups in total. The molecule has 156 valence electrons. The Morgan fingerprint density at radius 3 is 2.75 bits per heavy atom. The van der Waals surface area contributed by atoms with Gasteiger partial charge >= 0.3 is 12.7 Å². The molecule has 0 saturated carbocycles. The Morgan fingerprint density at radius 1 is 1.22 bits per heavy atom. The normalized spacial score (nSPS) is 15.2. The van der Waals surface area contributed by atoms with Crippen molar-refractivity contribution < 1.29 is 9.13 Å². The molecule has 0 radical (unpaired) electrons. The summed E-state index contributed by atoms with van der Waals surface area (Å²) in [7, 11) is 1.44. The third-order valence-corrected chi connectivity index (χ3v) is 5.79. The van der Waals surface area contributed by atoms with Gasteiger partial charge in [0.05, 0.1) is 24.1 Å². The molecular weight excluding hydrogens is 408 g/mol. The second kappa shape index (κ2) is 7.91. The first-order valence-electron chi connectivity index (χ1n) is 10.2. The molecule has 0 spiro atoms. The van der Waals surface area contributed by atoms with Crippen molar-refractivity contribution in [2.24, 2.45) is 0 Å². The highest BCUT2D eigenvalue weighted by molar-refractivity contribution is 6.87. The van der Waals surface area contributed by atoms with Gasteiger partial charge in [-0.25, -0.2) is 9.65 Å². The molecule has 0 atom stereocenters. The molecular formula is C22H17BFN7O. The molecule has 1 aromatic carbocycles. The van der Waals surface area contributed by atoms with Crippen LogP contribution in [-0.2, 0) is 0 Å². The lowest BCUT2D eigenvalue weighted by Gasteiger charge is -2.29. The molecule has 5 rings (SSSR count). The number of aromatic nitrogens is 3. The number of nitriles is 2. The zero-order chi connectivity index (χ0) is 22.2. The van der Waals surface area contributed by atoms with Gasteiger partial charge in [-0.1, -0.05) is 18.1 Å². The monoisotopic (exact) mass is 425 g/mol. The summed E-state index contributed by atoms with van der Waals surface area (Å²) in [6, 6.07) is 7.36. The van der Waals surface area contributed by atoms with E-state index in [2.05, 4.69) is 32.3 Å². The van der Waals surface area contributed by atoms with Crippen LogP contribution >= 0.6 is 0 Å². The molecule has 0 unspecified atom stereocenters. The smallest absolute Gasteiger partial charge is 0.326 e. The Kier molecular flexibility index (Phi) is 4.93. The molecule has 10 heteroatoms. The van der Waals surface area contributed by atoms with Crippen molar-refractivity contribution in [3.05, 3.63) is 53.0 Å². The summed E-state index contributed by atoms with van der Waals surface area (Å²) >= 11 is 0. The Bertz CT molecular complexity index is 1360. The van der Waals surface area contributed by atoms with E-state index in [4.69, 9.17) is 4.74 Å². The van der Waals surface area contributed by atoms with Crippen LogP contribution in [0.3, 0.4) is 0 Å². The largest absolute Gasteiger partial charge is 0.467 e. The minimum atomic E-state index is -0.636. The van der Waals surface area contributed by atoms with Gasteiger partial charge in [0.15, 0.2) is 5.82 Å². The van der Waals surface area contributed by atoms with Crippen molar-refractivity contribution in [1.82, 2.24) is 20.3 Å². The Labute approximate surface area is 184 Å². The van der Waals surface area contributed by atoms with Crippen molar-refractivity contribution in [3.8, 4) is 18.0 Å². The maximum Gasteiger partial charge on any atom is 0.326 e. The zero-order valence-electron chi connectivity index (χ0n) is 17.3.